The molecule has 1 amide bonds. The second-order valence-electron chi connectivity index (χ2n) is 4.65. The molecule has 2 rings (SSSR count). The first-order chi connectivity index (χ1) is 9.04. The summed E-state index contributed by atoms with van der Waals surface area (Å²) in [4.78, 5) is 23.9. The van der Waals surface area contributed by atoms with E-state index in [2.05, 4.69) is 0 Å². The van der Waals surface area contributed by atoms with E-state index >= 15 is 0 Å². The molecule has 102 valence electrons. The van der Waals surface area contributed by atoms with Gasteiger partial charge in [-0.1, -0.05) is 6.92 Å². The molecule has 0 heterocycles. The predicted molar refractivity (Wildman–Crippen MR) is 67.4 cm³/mol. The van der Waals surface area contributed by atoms with Crippen molar-refractivity contribution in [2.75, 3.05) is 6.54 Å². The Hall–Kier alpha value is -1.98. The molecule has 1 aliphatic carbocycles. The number of non-ortho nitro benzene ring substituents is 1. The largest absolute Gasteiger partial charge is 0.336 e. The first kappa shape index (κ1) is 13.5. The van der Waals surface area contributed by atoms with Crippen LogP contribution in [-0.4, -0.2) is 28.3 Å². The Bertz CT molecular complexity index is 515. The average Bonchev–Trinajstić information content (AvgIpc) is 3.19. The molecule has 1 aromatic rings. The van der Waals surface area contributed by atoms with Crippen LogP contribution in [0.25, 0.3) is 0 Å². The number of rotatable bonds is 5. The van der Waals surface area contributed by atoms with Gasteiger partial charge >= 0.3 is 0 Å². The molecule has 0 spiro atoms. The summed E-state index contributed by atoms with van der Waals surface area (Å²) in [7, 11) is 0. The predicted octanol–water partition coefficient (Wildman–Crippen LogP) is 2.75. The number of nitro groups is 1. The zero-order valence-corrected chi connectivity index (χ0v) is 10.6. The maximum atomic E-state index is 13.7. The van der Waals surface area contributed by atoms with Crippen molar-refractivity contribution in [2.45, 2.75) is 32.2 Å². The van der Waals surface area contributed by atoms with Gasteiger partial charge in [-0.25, -0.2) is 4.39 Å². The number of carbonyl (C=O) groups is 1. The van der Waals surface area contributed by atoms with Crippen molar-refractivity contribution in [1.29, 1.82) is 0 Å². The van der Waals surface area contributed by atoms with Crippen molar-refractivity contribution in [3.05, 3.63) is 39.7 Å². The molecule has 1 saturated carbocycles. The van der Waals surface area contributed by atoms with Crippen molar-refractivity contribution in [3.8, 4) is 0 Å². The zero-order chi connectivity index (χ0) is 14.0. The topological polar surface area (TPSA) is 63.5 Å². The quantitative estimate of drug-likeness (QED) is 0.608. The van der Waals surface area contributed by atoms with Gasteiger partial charge in [-0.3, -0.25) is 14.9 Å². The second-order valence-corrected chi connectivity index (χ2v) is 4.65. The van der Waals surface area contributed by atoms with Gasteiger partial charge in [0.05, 0.1) is 10.5 Å². The number of amides is 1. The lowest BCUT2D eigenvalue weighted by molar-refractivity contribution is -0.384. The maximum Gasteiger partial charge on any atom is 0.270 e. The van der Waals surface area contributed by atoms with Crippen LogP contribution in [0.5, 0.6) is 0 Å². The molecule has 1 fully saturated rings. The standard InChI is InChI=1S/C13H15FN2O3/c1-2-7-15(9-3-4-9)13(17)11-8-10(16(18)19)5-6-12(11)14/h5-6,8-9H,2-4,7H2,1H3. The number of carbonyl (C=O) groups excluding carboxylic acids is 1. The Labute approximate surface area is 110 Å². The Morgan fingerprint density at radius 3 is 2.74 bits per heavy atom. The summed E-state index contributed by atoms with van der Waals surface area (Å²) in [5.41, 5.74) is -0.480. The second kappa shape index (κ2) is 5.34. The van der Waals surface area contributed by atoms with Gasteiger partial charge < -0.3 is 4.90 Å². The van der Waals surface area contributed by atoms with Crippen LogP contribution in [0.2, 0.25) is 0 Å². The number of hydrogen-bond donors (Lipinski definition) is 0. The van der Waals surface area contributed by atoms with Gasteiger partial charge in [0.2, 0.25) is 0 Å². The minimum Gasteiger partial charge on any atom is -0.336 e. The number of hydrogen-bond acceptors (Lipinski definition) is 3. The van der Waals surface area contributed by atoms with Crippen molar-refractivity contribution in [1.82, 2.24) is 4.90 Å². The van der Waals surface area contributed by atoms with E-state index in [0.717, 1.165) is 37.5 Å². The van der Waals surface area contributed by atoms with E-state index < -0.39 is 16.6 Å². The molecule has 5 nitrogen and oxygen atoms in total. The summed E-state index contributed by atoms with van der Waals surface area (Å²) in [6.45, 7) is 2.48. The minimum absolute atomic E-state index is 0.158. The van der Waals surface area contributed by atoms with Gasteiger partial charge in [0.15, 0.2) is 0 Å². The molecule has 6 heteroatoms. The molecule has 0 atom stereocenters. The number of benzene rings is 1. The smallest absolute Gasteiger partial charge is 0.270 e. The van der Waals surface area contributed by atoms with Crippen LogP contribution in [0.3, 0.4) is 0 Å². The average molecular weight is 266 g/mol. The molecule has 0 N–H and O–H groups in total. The van der Waals surface area contributed by atoms with E-state index in [1.54, 1.807) is 4.90 Å². The molecule has 0 radical (unpaired) electrons. The molecule has 0 bridgehead atoms. The molecule has 1 aliphatic rings. The summed E-state index contributed by atoms with van der Waals surface area (Å²) in [6, 6.07) is 3.21. The summed E-state index contributed by atoms with van der Waals surface area (Å²) in [5.74, 6) is -1.16. The third-order valence-corrected chi connectivity index (χ3v) is 3.10. The number of nitro benzene ring substituents is 1. The normalized spacial score (nSPS) is 14.2. The van der Waals surface area contributed by atoms with Crippen LogP contribution >= 0.6 is 0 Å². The summed E-state index contributed by atoms with van der Waals surface area (Å²) < 4.78 is 13.7. The third kappa shape index (κ3) is 2.89. The molecule has 19 heavy (non-hydrogen) atoms. The van der Waals surface area contributed by atoms with Gasteiger partial charge in [-0.15, -0.1) is 0 Å². The van der Waals surface area contributed by atoms with Gasteiger partial charge in [0.1, 0.15) is 5.82 Å². The van der Waals surface area contributed by atoms with Crippen LogP contribution in [0.4, 0.5) is 10.1 Å². The Balaban J connectivity index is 2.30. The Morgan fingerprint density at radius 1 is 1.53 bits per heavy atom. The summed E-state index contributed by atoms with van der Waals surface area (Å²) in [6.07, 6.45) is 2.61. The Morgan fingerprint density at radius 2 is 2.21 bits per heavy atom. The lowest BCUT2D eigenvalue weighted by atomic mass is 10.1. The summed E-state index contributed by atoms with van der Waals surface area (Å²) >= 11 is 0. The highest BCUT2D eigenvalue weighted by atomic mass is 19.1. The minimum atomic E-state index is -0.711. The van der Waals surface area contributed by atoms with E-state index in [9.17, 15) is 19.3 Å². The maximum absolute atomic E-state index is 13.7. The lowest BCUT2D eigenvalue weighted by Gasteiger charge is -2.21. The fourth-order valence-corrected chi connectivity index (χ4v) is 2.02. The molecular weight excluding hydrogens is 251 g/mol. The SMILES string of the molecule is CCCN(C(=O)c1cc([N+](=O)[O-])ccc1F)C1CC1. The van der Waals surface area contributed by atoms with Gasteiger partial charge in [0.25, 0.3) is 11.6 Å². The van der Waals surface area contributed by atoms with Crippen molar-refractivity contribution in [3.63, 3.8) is 0 Å². The first-order valence-corrected chi connectivity index (χ1v) is 6.29. The van der Waals surface area contributed by atoms with Crippen molar-refractivity contribution < 1.29 is 14.1 Å². The van der Waals surface area contributed by atoms with E-state index in [1.807, 2.05) is 6.92 Å². The van der Waals surface area contributed by atoms with Crippen LogP contribution < -0.4 is 0 Å². The molecule has 0 aromatic heterocycles. The molecule has 1 aromatic carbocycles. The third-order valence-electron chi connectivity index (χ3n) is 3.10. The van der Waals surface area contributed by atoms with Crippen LogP contribution in [0.15, 0.2) is 18.2 Å². The monoisotopic (exact) mass is 266 g/mol. The van der Waals surface area contributed by atoms with Gasteiger partial charge in [-0.2, -0.15) is 0 Å². The van der Waals surface area contributed by atoms with E-state index in [0.29, 0.717) is 6.54 Å². The highest BCUT2D eigenvalue weighted by molar-refractivity contribution is 5.95. The lowest BCUT2D eigenvalue weighted by Crippen LogP contribution is -2.34. The van der Waals surface area contributed by atoms with E-state index in [1.165, 1.54) is 0 Å². The van der Waals surface area contributed by atoms with Gasteiger partial charge in [-0.05, 0) is 25.3 Å². The highest BCUT2D eigenvalue weighted by Crippen LogP contribution is 2.29. The molecule has 0 unspecified atom stereocenters. The van der Waals surface area contributed by atoms with Gasteiger partial charge in [0, 0.05) is 24.7 Å². The van der Waals surface area contributed by atoms with E-state index in [4.69, 9.17) is 0 Å². The number of halogens is 1. The molecule has 0 aliphatic heterocycles. The van der Waals surface area contributed by atoms with Crippen LogP contribution in [0.1, 0.15) is 36.5 Å². The fourth-order valence-electron chi connectivity index (χ4n) is 2.02. The summed E-state index contributed by atoms with van der Waals surface area (Å²) in [5, 5.41) is 10.7. The first-order valence-electron chi connectivity index (χ1n) is 6.29. The van der Waals surface area contributed by atoms with Crippen molar-refractivity contribution >= 4 is 11.6 Å². The van der Waals surface area contributed by atoms with Crippen molar-refractivity contribution in [2.24, 2.45) is 0 Å². The number of nitrogens with zero attached hydrogens (tertiary/aromatic N) is 2. The Kier molecular flexibility index (Phi) is 3.78. The van der Waals surface area contributed by atoms with Crippen LogP contribution in [-0.2, 0) is 0 Å². The highest BCUT2D eigenvalue weighted by Gasteiger charge is 2.33. The zero-order valence-electron chi connectivity index (χ0n) is 10.6. The molecule has 0 saturated heterocycles. The van der Waals surface area contributed by atoms with E-state index in [-0.39, 0.29) is 17.3 Å². The fraction of sp³-hybridized carbons (Fsp3) is 0.462. The molecular formula is C13H15FN2O3. The van der Waals surface area contributed by atoms with Crippen LogP contribution in [0, 0.1) is 15.9 Å².